The Hall–Kier alpha value is -3.48. The average Bonchev–Trinajstić information content (AvgIpc) is 2.72. The van der Waals surface area contributed by atoms with Gasteiger partial charge in [-0.15, -0.1) is 13.2 Å². The third-order valence-corrected chi connectivity index (χ3v) is 4.73. The third kappa shape index (κ3) is 7.56. The highest BCUT2D eigenvalue weighted by Crippen LogP contribution is 2.33. The summed E-state index contributed by atoms with van der Waals surface area (Å²) in [5.74, 6) is -1.92. The fourth-order valence-corrected chi connectivity index (χ4v) is 3.08. The number of amides is 2. The predicted octanol–water partition coefficient (Wildman–Crippen LogP) is 6.53. The van der Waals surface area contributed by atoms with Crippen molar-refractivity contribution in [2.24, 2.45) is 5.92 Å². The van der Waals surface area contributed by atoms with Gasteiger partial charge < -0.3 is 15.4 Å². The smallest absolute Gasteiger partial charge is 0.408 e. The first-order chi connectivity index (χ1) is 15.4. The Morgan fingerprint density at radius 2 is 1.79 bits per heavy atom. The molecule has 33 heavy (non-hydrogen) atoms. The third-order valence-electron chi connectivity index (χ3n) is 4.73. The minimum absolute atomic E-state index is 0.301. The molecule has 2 aromatic carbocycles. The van der Waals surface area contributed by atoms with Crippen LogP contribution in [0.25, 0.3) is 11.1 Å². The largest absolute Gasteiger partial charge is 0.444 e. The molecule has 0 unspecified atom stereocenters. The summed E-state index contributed by atoms with van der Waals surface area (Å²) in [5.41, 5.74) is 0.706. The van der Waals surface area contributed by atoms with Gasteiger partial charge in [-0.05, 0) is 74.7 Å². The molecule has 0 aromatic heterocycles. The van der Waals surface area contributed by atoms with Gasteiger partial charge in [0.15, 0.2) is 0 Å². The molecular formula is C26H30F2N2O3. The van der Waals surface area contributed by atoms with Gasteiger partial charge in [-0.2, -0.15) is 0 Å². The van der Waals surface area contributed by atoms with E-state index in [1.54, 1.807) is 39.8 Å². The van der Waals surface area contributed by atoms with Crippen LogP contribution in [-0.4, -0.2) is 17.6 Å². The predicted molar refractivity (Wildman–Crippen MR) is 127 cm³/mol. The van der Waals surface area contributed by atoms with Gasteiger partial charge in [0, 0.05) is 11.3 Å². The summed E-state index contributed by atoms with van der Waals surface area (Å²) < 4.78 is 34.0. The molecule has 0 aliphatic rings. The molecule has 0 bridgehead atoms. The maximum atomic E-state index is 14.6. The zero-order chi connectivity index (χ0) is 24.8. The van der Waals surface area contributed by atoms with E-state index in [9.17, 15) is 18.4 Å². The molecule has 0 saturated carbocycles. The zero-order valence-corrected chi connectivity index (χ0v) is 19.4. The lowest BCUT2D eigenvalue weighted by Crippen LogP contribution is -2.34. The lowest BCUT2D eigenvalue weighted by Gasteiger charge is -2.24. The van der Waals surface area contributed by atoms with Crippen molar-refractivity contribution in [3.63, 3.8) is 0 Å². The summed E-state index contributed by atoms with van der Waals surface area (Å²) in [6.07, 6.45) is 2.74. The van der Waals surface area contributed by atoms with Crippen LogP contribution in [0.2, 0.25) is 0 Å². The van der Waals surface area contributed by atoms with Crippen LogP contribution in [0, 0.1) is 17.6 Å². The summed E-state index contributed by atoms with van der Waals surface area (Å²) in [6.45, 7) is 14.2. The normalized spacial score (nSPS) is 12.9. The van der Waals surface area contributed by atoms with Crippen LogP contribution in [0.3, 0.4) is 0 Å². The van der Waals surface area contributed by atoms with Gasteiger partial charge in [0.25, 0.3) is 0 Å². The summed E-state index contributed by atoms with van der Waals surface area (Å²) in [7, 11) is 0. The average molecular weight is 457 g/mol. The summed E-state index contributed by atoms with van der Waals surface area (Å²) >= 11 is 0. The number of halogens is 2. The molecule has 0 heterocycles. The number of alkyl carbamates (subject to hydrolysis) is 1. The zero-order valence-electron chi connectivity index (χ0n) is 19.4. The van der Waals surface area contributed by atoms with E-state index in [-0.39, 0.29) is 5.91 Å². The first-order valence-corrected chi connectivity index (χ1v) is 10.6. The number of ether oxygens (including phenoxy) is 1. The molecule has 0 fully saturated rings. The topological polar surface area (TPSA) is 67.4 Å². The van der Waals surface area contributed by atoms with Gasteiger partial charge >= 0.3 is 6.09 Å². The molecule has 2 aromatic rings. The monoisotopic (exact) mass is 456 g/mol. The molecule has 2 rings (SSSR count). The van der Waals surface area contributed by atoms with E-state index in [0.717, 1.165) is 0 Å². The fourth-order valence-electron chi connectivity index (χ4n) is 3.08. The molecular weight excluding hydrogens is 426 g/mol. The number of carbonyl (C=O) groups is 2. The van der Waals surface area contributed by atoms with Gasteiger partial charge in [-0.1, -0.05) is 19.1 Å². The maximum Gasteiger partial charge on any atom is 0.408 e. The fraction of sp³-hybridized carbons (Fsp3) is 0.308. The Kier molecular flexibility index (Phi) is 8.51. The lowest BCUT2D eigenvalue weighted by atomic mass is 9.96. The van der Waals surface area contributed by atoms with Crippen molar-refractivity contribution in [1.29, 1.82) is 0 Å². The number of hydrogen-bond acceptors (Lipinski definition) is 3. The highest BCUT2D eigenvalue weighted by molar-refractivity contribution is 5.97. The first-order valence-electron chi connectivity index (χ1n) is 10.6. The number of anilines is 1. The van der Waals surface area contributed by atoms with E-state index < -0.39 is 35.3 Å². The molecule has 0 radical (unpaired) electrons. The van der Waals surface area contributed by atoms with Crippen LogP contribution in [-0.2, 0) is 9.53 Å². The minimum Gasteiger partial charge on any atom is -0.444 e. The molecule has 176 valence electrons. The summed E-state index contributed by atoms with van der Waals surface area (Å²) in [4.78, 5) is 24.7. The summed E-state index contributed by atoms with van der Waals surface area (Å²) in [5, 5.41) is 5.46. The maximum absolute atomic E-state index is 14.6. The Morgan fingerprint density at radius 3 is 2.39 bits per heavy atom. The summed E-state index contributed by atoms with van der Waals surface area (Å²) in [6, 6.07) is 7.38. The first kappa shape index (κ1) is 25.8. The number of carbonyl (C=O) groups excluding carboxylic acids is 2. The van der Waals surface area contributed by atoms with Crippen molar-refractivity contribution in [2.45, 2.75) is 45.8 Å². The molecule has 0 spiro atoms. The Balaban J connectivity index is 2.47. The van der Waals surface area contributed by atoms with Crippen molar-refractivity contribution in [2.75, 3.05) is 5.32 Å². The van der Waals surface area contributed by atoms with Gasteiger partial charge in [0.1, 0.15) is 17.2 Å². The van der Waals surface area contributed by atoms with E-state index in [2.05, 4.69) is 23.8 Å². The second-order valence-electron chi connectivity index (χ2n) is 8.70. The van der Waals surface area contributed by atoms with Crippen LogP contribution in [0.15, 0.2) is 61.7 Å². The number of nitrogens with one attached hydrogen (secondary N) is 2. The van der Waals surface area contributed by atoms with Crippen LogP contribution in [0.1, 0.15) is 45.7 Å². The quantitative estimate of drug-likeness (QED) is 0.444. The molecule has 0 saturated heterocycles. The van der Waals surface area contributed by atoms with E-state index >= 15 is 0 Å². The van der Waals surface area contributed by atoms with Crippen LogP contribution < -0.4 is 10.6 Å². The highest BCUT2D eigenvalue weighted by atomic mass is 19.1. The van der Waals surface area contributed by atoms with E-state index in [1.165, 1.54) is 36.4 Å². The second-order valence-corrected chi connectivity index (χ2v) is 8.70. The van der Waals surface area contributed by atoms with Crippen LogP contribution in [0.5, 0.6) is 0 Å². The van der Waals surface area contributed by atoms with Crippen LogP contribution >= 0.6 is 0 Å². The van der Waals surface area contributed by atoms with Crippen molar-refractivity contribution in [3.8, 4) is 11.1 Å². The lowest BCUT2D eigenvalue weighted by molar-refractivity contribution is -0.118. The minimum atomic E-state index is -0.701. The van der Waals surface area contributed by atoms with E-state index in [1.807, 2.05) is 0 Å². The molecule has 7 heteroatoms. The Bertz CT molecular complexity index is 1040. The molecule has 2 amide bonds. The number of benzene rings is 2. The molecule has 5 nitrogen and oxygen atoms in total. The molecule has 2 N–H and O–H groups in total. The Morgan fingerprint density at radius 1 is 1.09 bits per heavy atom. The van der Waals surface area contributed by atoms with Gasteiger partial charge in [0.2, 0.25) is 5.91 Å². The second kappa shape index (κ2) is 10.9. The molecule has 0 aliphatic carbocycles. The van der Waals surface area contributed by atoms with Crippen molar-refractivity contribution in [3.05, 3.63) is 78.9 Å². The number of hydrogen-bond donors (Lipinski definition) is 2. The SMILES string of the molecule is C=CC[C@H](NC(=O)OC(C)(C)C)c1cc(F)cc(-c2cc(F)ccc2NC(=O)[C@H](C)C=C)c1. The van der Waals surface area contributed by atoms with E-state index in [4.69, 9.17) is 4.74 Å². The Labute approximate surface area is 193 Å². The van der Waals surface area contributed by atoms with Gasteiger partial charge in [0.05, 0.1) is 12.0 Å². The van der Waals surface area contributed by atoms with Crippen molar-refractivity contribution >= 4 is 17.7 Å². The van der Waals surface area contributed by atoms with E-state index in [0.29, 0.717) is 28.8 Å². The van der Waals surface area contributed by atoms with Gasteiger partial charge in [-0.25, -0.2) is 13.6 Å². The van der Waals surface area contributed by atoms with Crippen molar-refractivity contribution in [1.82, 2.24) is 5.32 Å². The molecule has 0 aliphatic heterocycles. The van der Waals surface area contributed by atoms with Gasteiger partial charge in [-0.3, -0.25) is 4.79 Å². The highest BCUT2D eigenvalue weighted by Gasteiger charge is 2.22. The standard InChI is InChI=1S/C26H30F2N2O3/c1-7-9-22(30-25(32)33-26(4,5)6)18-12-17(13-20(28)14-18)21-15-19(27)10-11-23(21)29-24(31)16(3)8-2/h7-8,10-16,22H,1-2,9H2,3-6H3,(H,29,31)(H,30,32)/t16-,22+/m1/s1. The molecule has 2 atom stereocenters. The van der Waals surface area contributed by atoms with Crippen molar-refractivity contribution < 1.29 is 23.1 Å². The number of rotatable bonds is 8. The van der Waals surface area contributed by atoms with Crippen LogP contribution in [0.4, 0.5) is 19.3 Å².